The van der Waals surface area contributed by atoms with Crippen LogP contribution in [0.1, 0.15) is 31.1 Å². The molecule has 0 spiro atoms. The second-order valence-electron chi connectivity index (χ2n) is 5.42. The van der Waals surface area contributed by atoms with Gasteiger partial charge in [0.25, 0.3) is 5.91 Å². The highest BCUT2D eigenvalue weighted by Crippen LogP contribution is 2.13. The highest BCUT2D eigenvalue weighted by Gasteiger charge is 2.22. The Kier molecular flexibility index (Phi) is 7.32. The zero-order valence-electron chi connectivity index (χ0n) is 12.3. The lowest BCUT2D eigenvalue weighted by molar-refractivity contribution is 0.0954. The molecular formula is C13H22ClN3O3S. The highest BCUT2D eigenvalue weighted by atomic mass is 35.5. The van der Waals surface area contributed by atoms with Gasteiger partial charge in [-0.05, 0) is 45.0 Å². The van der Waals surface area contributed by atoms with E-state index in [9.17, 15) is 13.2 Å². The summed E-state index contributed by atoms with van der Waals surface area (Å²) in [7, 11) is -3.58. The third-order valence-electron chi connectivity index (χ3n) is 2.30. The minimum Gasteiger partial charge on any atom is -0.351 e. The number of benzene rings is 1. The number of nitrogens with two attached hydrogens (primary N) is 1. The van der Waals surface area contributed by atoms with E-state index >= 15 is 0 Å². The molecule has 8 heteroatoms. The van der Waals surface area contributed by atoms with Crippen LogP contribution in [0.2, 0.25) is 0 Å². The zero-order valence-corrected chi connectivity index (χ0v) is 14.0. The van der Waals surface area contributed by atoms with Crippen LogP contribution in [-0.4, -0.2) is 33.0 Å². The van der Waals surface area contributed by atoms with Gasteiger partial charge in [0.2, 0.25) is 10.0 Å². The molecule has 21 heavy (non-hydrogen) atoms. The largest absolute Gasteiger partial charge is 0.351 e. The van der Waals surface area contributed by atoms with Gasteiger partial charge >= 0.3 is 0 Å². The maximum atomic E-state index is 12.1. The molecule has 0 aliphatic heterocycles. The van der Waals surface area contributed by atoms with Gasteiger partial charge in [-0.2, -0.15) is 0 Å². The predicted molar refractivity (Wildman–Crippen MR) is 85.2 cm³/mol. The molecule has 0 saturated heterocycles. The Hall–Kier alpha value is -1.15. The van der Waals surface area contributed by atoms with Crippen molar-refractivity contribution in [2.45, 2.75) is 31.2 Å². The molecular weight excluding hydrogens is 314 g/mol. The molecule has 1 aromatic rings. The van der Waals surface area contributed by atoms with Gasteiger partial charge in [-0.15, -0.1) is 12.4 Å². The van der Waals surface area contributed by atoms with E-state index in [-0.39, 0.29) is 23.2 Å². The van der Waals surface area contributed by atoms with Gasteiger partial charge in [0.05, 0.1) is 4.90 Å². The van der Waals surface area contributed by atoms with Crippen LogP contribution < -0.4 is 15.8 Å². The molecule has 0 atom stereocenters. The number of amides is 1. The van der Waals surface area contributed by atoms with Gasteiger partial charge in [0.15, 0.2) is 0 Å². The van der Waals surface area contributed by atoms with Crippen LogP contribution in [0.5, 0.6) is 0 Å². The van der Waals surface area contributed by atoms with Crippen molar-refractivity contribution in [1.82, 2.24) is 10.0 Å². The lowest BCUT2D eigenvalue weighted by atomic mass is 10.1. The first-order valence-electron chi connectivity index (χ1n) is 6.28. The normalized spacial score (nSPS) is 11.6. The third-order valence-corrected chi connectivity index (χ3v) is 4.07. The van der Waals surface area contributed by atoms with Gasteiger partial charge in [-0.25, -0.2) is 13.1 Å². The zero-order chi connectivity index (χ0) is 15.4. The van der Waals surface area contributed by atoms with Gasteiger partial charge in [-0.3, -0.25) is 4.79 Å². The number of carbonyl (C=O) groups excluding carboxylic acids is 1. The number of sulfonamides is 1. The first-order valence-corrected chi connectivity index (χ1v) is 7.76. The fraction of sp³-hybridized carbons (Fsp3) is 0.462. The average molecular weight is 336 g/mol. The average Bonchev–Trinajstić information content (AvgIpc) is 2.33. The minimum absolute atomic E-state index is 0. The molecule has 120 valence electrons. The van der Waals surface area contributed by atoms with Crippen LogP contribution in [0, 0.1) is 0 Å². The topological polar surface area (TPSA) is 101 Å². The summed E-state index contributed by atoms with van der Waals surface area (Å²) in [4.78, 5) is 11.8. The summed E-state index contributed by atoms with van der Waals surface area (Å²) in [5, 5.41) is 2.62. The summed E-state index contributed by atoms with van der Waals surface area (Å²) in [5.74, 6) is -0.275. The minimum atomic E-state index is -3.58. The van der Waals surface area contributed by atoms with E-state index in [1.54, 1.807) is 20.8 Å². The fourth-order valence-electron chi connectivity index (χ4n) is 1.54. The summed E-state index contributed by atoms with van der Waals surface area (Å²) in [6.45, 7) is 6.02. The van der Waals surface area contributed by atoms with Crippen molar-refractivity contribution in [2.24, 2.45) is 5.73 Å². The summed E-state index contributed by atoms with van der Waals surface area (Å²) < 4.78 is 26.7. The van der Waals surface area contributed by atoms with Crippen molar-refractivity contribution in [1.29, 1.82) is 0 Å². The van der Waals surface area contributed by atoms with Gasteiger partial charge in [-0.1, -0.05) is 0 Å². The van der Waals surface area contributed by atoms with Crippen molar-refractivity contribution in [3.63, 3.8) is 0 Å². The van der Waals surface area contributed by atoms with Crippen LogP contribution in [0.4, 0.5) is 0 Å². The van der Waals surface area contributed by atoms with E-state index in [1.807, 2.05) is 0 Å². The number of nitrogens with one attached hydrogen (secondary N) is 2. The van der Waals surface area contributed by atoms with Gasteiger partial charge < -0.3 is 11.1 Å². The summed E-state index contributed by atoms with van der Waals surface area (Å²) in [6, 6.07) is 5.77. The summed E-state index contributed by atoms with van der Waals surface area (Å²) in [6.07, 6.45) is 0. The molecule has 6 nitrogen and oxygen atoms in total. The molecule has 0 fully saturated rings. The lowest BCUT2D eigenvalue weighted by Crippen LogP contribution is -2.40. The maximum absolute atomic E-state index is 12.1. The SMILES string of the molecule is CC(C)(C)NS(=O)(=O)c1ccc(C(=O)NCCN)cc1.Cl. The Bertz CT molecular complexity index is 565. The van der Waals surface area contributed by atoms with Crippen LogP contribution in [0.15, 0.2) is 29.2 Å². The third kappa shape index (κ3) is 6.43. The van der Waals surface area contributed by atoms with Gasteiger partial charge in [0, 0.05) is 24.2 Å². The molecule has 0 aromatic heterocycles. The lowest BCUT2D eigenvalue weighted by Gasteiger charge is -2.20. The number of carbonyl (C=O) groups is 1. The first-order chi connectivity index (χ1) is 9.15. The van der Waals surface area contributed by atoms with Crippen molar-refractivity contribution in [2.75, 3.05) is 13.1 Å². The summed E-state index contributed by atoms with van der Waals surface area (Å²) >= 11 is 0. The second kappa shape index (κ2) is 7.74. The standard InChI is InChI=1S/C13H21N3O3S.ClH/c1-13(2,3)16-20(18,19)11-6-4-10(5-7-11)12(17)15-9-8-14;/h4-7,16H,8-9,14H2,1-3H3,(H,15,17);1H. The Morgan fingerprint density at radius 1 is 1.19 bits per heavy atom. The molecule has 1 aromatic carbocycles. The van der Waals surface area contributed by atoms with E-state index < -0.39 is 15.6 Å². The number of hydrogen-bond donors (Lipinski definition) is 3. The number of halogens is 1. The predicted octanol–water partition coefficient (Wildman–Crippen LogP) is 0.874. The smallest absolute Gasteiger partial charge is 0.251 e. The Balaban J connectivity index is 0.00000400. The molecule has 0 radical (unpaired) electrons. The molecule has 0 heterocycles. The van der Waals surface area contributed by atoms with E-state index in [2.05, 4.69) is 10.0 Å². The molecule has 0 saturated carbocycles. The van der Waals surface area contributed by atoms with Crippen molar-refractivity contribution >= 4 is 28.3 Å². The number of rotatable bonds is 5. The quantitative estimate of drug-likeness (QED) is 0.743. The van der Waals surface area contributed by atoms with Crippen molar-refractivity contribution < 1.29 is 13.2 Å². The van der Waals surface area contributed by atoms with Crippen LogP contribution >= 0.6 is 12.4 Å². The molecule has 1 rings (SSSR count). The Labute approximate surface area is 132 Å². The summed E-state index contributed by atoms with van der Waals surface area (Å²) in [5.41, 5.74) is 5.13. The molecule has 1 amide bonds. The van der Waals surface area contributed by atoms with Crippen molar-refractivity contribution in [3.05, 3.63) is 29.8 Å². The molecule has 0 aliphatic carbocycles. The molecule has 4 N–H and O–H groups in total. The molecule has 0 bridgehead atoms. The van der Waals surface area contributed by atoms with E-state index in [0.29, 0.717) is 18.7 Å². The number of hydrogen-bond acceptors (Lipinski definition) is 4. The van der Waals surface area contributed by atoms with E-state index in [4.69, 9.17) is 5.73 Å². The second-order valence-corrected chi connectivity index (χ2v) is 7.11. The Morgan fingerprint density at radius 2 is 1.71 bits per heavy atom. The van der Waals surface area contributed by atoms with Crippen LogP contribution in [-0.2, 0) is 10.0 Å². The first kappa shape index (κ1) is 19.9. The molecule has 0 aliphatic rings. The maximum Gasteiger partial charge on any atom is 0.251 e. The highest BCUT2D eigenvalue weighted by molar-refractivity contribution is 7.89. The van der Waals surface area contributed by atoms with E-state index in [0.717, 1.165) is 0 Å². The van der Waals surface area contributed by atoms with Crippen LogP contribution in [0.25, 0.3) is 0 Å². The van der Waals surface area contributed by atoms with E-state index in [1.165, 1.54) is 24.3 Å². The van der Waals surface area contributed by atoms with Crippen molar-refractivity contribution in [3.8, 4) is 0 Å². The van der Waals surface area contributed by atoms with Gasteiger partial charge in [0.1, 0.15) is 0 Å². The molecule has 0 unspecified atom stereocenters. The fourth-order valence-corrected chi connectivity index (χ4v) is 2.95. The Morgan fingerprint density at radius 3 is 2.14 bits per heavy atom. The monoisotopic (exact) mass is 335 g/mol. The van der Waals surface area contributed by atoms with Crippen LogP contribution in [0.3, 0.4) is 0 Å².